The Morgan fingerprint density at radius 1 is 0.625 bits per heavy atom. The van der Waals surface area contributed by atoms with Crippen LogP contribution in [0.25, 0.3) is 0 Å². The van der Waals surface area contributed by atoms with Crippen molar-refractivity contribution >= 4 is 0 Å². The Labute approximate surface area is 104 Å². The van der Waals surface area contributed by atoms with Crippen LogP contribution in [0.5, 0.6) is 0 Å². The first kappa shape index (κ1) is 16.0. The van der Waals surface area contributed by atoms with Gasteiger partial charge in [0.15, 0.2) is 0 Å². The van der Waals surface area contributed by atoms with Crippen LogP contribution >= 0.6 is 0 Å². The molecule has 0 saturated carbocycles. The molecule has 0 radical (unpaired) electrons. The third-order valence-corrected chi connectivity index (χ3v) is 3.72. The molecule has 0 amide bonds. The predicted molar refractivity (Wildman–Crippen MR) is 74.7 cm³/mol. The van der Waals surface area contributed by atoms with Crippen molar-refractivity contribution in [1.82, 2.24) is 0 Å². The maximum absolute atomic E-state index is 2.34. The first-order valence-electron chi connectivity index (χ1n) is 7.44. The topological polar surface area (TPSA) is 0 Å². The highest BCUT2D eigenvalue weighted by Gasteiger charge is 2.09. The molecule has 0 saturated heterocycles. The van der Waals surface area contributed by atoms with E-state index in [1.165, 1.54) is 75.4 Å². The summed E-state index contributed by atoms with van der Waals surface area (Å²) in [4.78, 5) is 0. The van der Waals surface area contributed by atoms with Crippen LogP contribution in [-0.4, -0.2) is 31.7 Å². The minimum absolute atomic E-state index is 1.19. The molecule has 0 aliphatic carbocycles. The molecule has 0 aromatic rings. The number of rotatable bonds is 11. The molecule has 1 nitrogen and oxygen atoms in total. The van der Waals surface area contributed by atoms with E-state index in [2.05, 4.69) is 27.9 Å². The van der Waals surface area contributed by atoms with E-state index in [4.69, 9.17) is 0 Å². The number of unbranched alkanes of at least 4 members (excludes halogenated alkanes) is 8. The Morgan fingerprint density at radius 2 is 1.06 bits per heavy atom. The fourth-order valence-corrected chi connectivity index (χ4v) is 2.01. The summed E-state index contributed by atoms with van der Waals surface area (Å²) in [5.41, 5.74) is 0. The highest BCUT2D eigenvalue weighted by atomic mass is 15.3. The van der Waals surface area contributed by atoms with E-state index in [1.807, 2.05) is 0 Å². The summed E-state index contributed by atoms with van der Waals surface area (Å²) in [6.45, 7) is 7.19. The minimum Gasteiger partial charge on any atom is -0.329 e. The van der Waals surface area contributed by atoms with Gasteiger partial charge in [-0.05, 0) is 19.8 Å². The molecule has 0 rings (SSSR count). The molecule has 0 spiro atoms. The molecule has 0 atom stereocenters. The lowest BCUT2D eigenvalue weighted by Gasteiger charge is -2.28. The van der Waals surface area contributed by atoms with E-state index >= 15 is 0 Å². The molecule has 0 N–H and O–H groups in total. The quantitative estimate of drug-likeness (QED) is 0.358. The standard InChI is InChI=1S/C15H34N/c1-5-7-8-9-10-11-12-13-14-15-16(3,4)6-2/h5-15H2,1-4H3/q+1. The lowest BCUT2D eigenvalue weighted by molar-refractivity contribution is -0.888. The normalized spacial score (nSPS) is 12.0. The monoisotopic (exact) mass is 228 g/mol. The summed E-state index contributed by atoms with van der Waals surface area (Å²) in [6, 6.07) is 0. The molecule has 0 aromatic heterocycles. The van der Waals surface area contributed by atoms with Crippen LogP contribution in [0.15, 0.2) is 0 Å². The first-order valence-corrected chi connectivity index (χ1v) is 7.44. The van der Waals surface area contributed by atoms with Crippen molar-refractivity contribution in [3.63, 3.8) is 0 Å². The van der Waals surface area contributed by atoms with Crippen molar-refractivity contribution in [1.29, 1.82) is 0 Å². The number of hydrogen-bond donors (Lipinski definition) is 0. The van der Waals surface area contributed by atoms with Gasteiger partial charge in [-0.15, -0.1) is 0 Å². The second-order valence-electron chi connectivity index (χ2n) is 5.80. The van der Waals surface area contributed by atoms with Gasteiger partial charge in [-0.25, -0.2) is 0 Å². The maximum Gasteiger partial charge on any atom is 0.0782 e. The second-order valence-corrected chi connectivity index (χ2v) is 5.80. The van der Waals surface area contributed by atoms with Gasteiger partial charge in [0.2, 0.25) is 0 Å². The minimum atomic E-state index is 1.19. The van der Waals surface area contributed by atoms with E-state index in [1.54, 1.807) is 0 Å². The Balaban J connectivity index is 3.10. The number of nitrogens with zero attached hydrogens (tertiary/aromatic N) is 1. The summed E-state index contributed by atoms with van der Waals surface area (Å²) in [7, 11) is 4.68. The van der Waals surface area contributed by atoms with Gasteiger partial charge in [-0.1, -0.05) is 51.9 Å². The Morgan fingerprint density at radius 3 is 1.50 bits per heavy atom. The average molecular weight is 228 g/mol. The van der Waals surface area contributed by atoms with E-state index < -0.39 is 0 Å². The average Bonchev–Trinajstić information content (AvgIpc) is 2.27. The van der Waals surface area contributed by atoms with Crippen molar-refractivity contribution in [3.8, 4) is 0 Å². The van der Waals surface area contributed by atoms with Crippen LogP contribution in [0.2, 0.25) is 0 Å². The van der Waals surface area contributed by atoms with Crippen LogP contribution in [0, 0.1) is 0 Å². The second kappa shape index (κ2) is 10.1. The number of quaternary nitrogens is 1. The highest BCUT2D eigenvalue weighted by molar-refractivity contribution is 4.46. The van der Waals surface area contributed by atoms with E-state index in [9.17, 15) is 0 Å². The van der Waals surface area contributed by atoms with Crippen molar-refractivity contribution in [3.05, 3.63) is 0 Å². The zero-order valence-electron chi connectivity index (χ0n) is 12.2. The van der Waals surface area contributed by atoms with Gasteiger partial charge in [0.1, 0.15) is 0 Å². The van der Waals surface area contributed by atoms with Gasteiger partial charge in [0, 0.05) is 0 Å². The predicted octanol–water partition coefficient (Wildman–Crippen LogP) is 4.61. The van der Waals surface area contributed by atoms with Gasteiger partial charge >= 0.3 is 0 Å². The van der Waals surface area contributed by atoms with Crippen LogP contribution in [0.3, 0.4) is 0 Å². The zero-order chi connectivity index (χ0) is 12.3. The smallest absolute Gasteiger partial charge is 0.0782 e. The Hall–Kier alpha value is -0.0400. The summed E-state index contributed by atoms with van der Waals surface area (Å²) in [5, 5.41) is 0. The Bertz CT molecular complexity index is 140. The molecular formula is C15H34N+. The van der Waals surface area contributed by atoms with Crippen LogP contribution < -0.4 is 0 Å². The SMILES string of the molecule is CCCCCCCCCCC[N+](C)(C)CC. The fraction of sp³-hybridized carbons (Fsp3) is 1.00. The van der Waals surface area contributed by atoms with Gasteiger partial charge in [-0.2, -0.15) is 0 Å². The first-order chi connectivity index (χ1) is 7.62. The maximum atomic E-state index is 2.34. The summed E-state index contributed by atoms with van der Waals surface area (Å²) < 4.78 is 1.19. The molecular weight excluding hydrogens is 194 g/mol. The fourth-order valence-electron chi connectivity index (χ4n) is 2.01. The zero-order valence-corrected chi connectivity index (χ0v) is 12.2. The summed E-state index contributed by atoms with van der Waals surface area (Å²) in [6.07, 6.45) is 12.9. The largest absolute Gasteiger partial charge is 0.329 e. The molecule has 0 heterocycles. The molecule has 16 heavy (non-hydrogen) atoms. The molecule has 0 aliphatic heterocycles. The van der Waals surface area contributed by atoms with Gasteiger partial charge in [0.25, 0.3) is 0 Å². The van der Waals surface area contributed by atoms with Gasteiger partial charge in [0.05, 0.1) is 27.2 Å². The molecule has 0 unspecified atom stereocenters. The molecule has 1 heteroatoms. The molecule has 0 bridgehead atoms. The molecule has 0 aromatic carbocycles. The molecule has 0 aliphatic rings. The highest BCUT2D eigenvalue weighted by Crippen LogP contribution is 2.10. The van der Waals surface area contributed by atoms with Crippen molar-refractivity contribution < 1.29 is 4.48 Å². The van der Waals surface area contributed by atoms with Crippen molar-refractivity contribution in [2.75, 3.05) is 27.2 Å². The summed E-state index contributed by atoms with van der Waals surface area (Å²) >= 11 is 0. The van der Waals surface area contributed by atoms with E-state index in [0.29, 0.717) is 0 Å². The molecule has 98 valence electrons. The van der Waals surface area contributed by atoms with E-state index in [0.717, 1.165) is 0 Å². The number of hydrogen-bond acceptors (Lipinski definition) is 0. The lowest BCUT2D eigenvalue weighted by atomic mass is 10.1. The summed E-state index contributed by atoms with van der Waals surface area (Å²) in [5.74, 6) is 0. The third-order valence-electron chi connectivity index (χ3n) is 3.72. The van der Waals surface area contributed by atoms with Crippen LogP contribution in [0.4, 0.5) is 0 Å². The Kier molecular flexibility index (Phi) is 10.1. The van der Waals surface area contributed by atoms with E-state index in [-0.39, 0.29) is 0 Å². The lowest BCUT2D eigenvalue weighted by Crippen LogP contribution is -2.39. The van der Waals surface area contributed by atoms with Gasteiger partial charge in [-0.3, -0.25) is 0 Å². The van der Waals surface area contributed by atoms with Crippen molar-refractivity contribution in [2.45, 2.75) is 71.6 Å². The molecule has 0 fully saturated rings. The van der Waals surface area contributed by atoms with Crippen LogP contribution in [0.1, 0.15) is 71.6 Å². The van der Waals surface area contributed by atoms with Crippen molar-refractivity contribution in [2.24, 2.45) is 0 Å². The third kappa shape index (κ3) is 10.5. The van der Waals surface area contributed by atoms with Crippen LogP contribution in [-0.2, 0) is 0 Å². The van der Waals surface area contributed by atoms with Gasteiger partial charge < -0.3 is 4.48 Å².